The summed E-state index contributed by atoms with van der Waals surface area (Å²) in [6.07, 6.45) is 8.70. The summed E-state index contributed by atoms with van der Waals surface area (Å²) >= 11 is 0. The number of hydrogen-bond acceptors (Lipinski definition) is 4. The highest BCUT2D eigenvalue weighted by Crippen LogP contribution is 2.25. The van der Waals surface area contributed by atoms with Gasteiger partial charge in [0, 0.05) is 23.8 Å². The standard InChI is InChI=1S/C27H28O4/c28-24-18-25(29)20-26(19-24)31-17-7-2-1-4-8-21-11-13-22(14-12-21)15-16-27(30)23-9-5-3-6-10-23/h3,5-6,9-16,18-20,28-29H,1-2,4,7-8,17H2/b16-15+. The van der Waals surface area contributed by atoms with Crippen molar-refractivity contribution in [2.75, 3.05) is 6.61 Å². The molecule has 0 aliphatic carbocycles. The molecular weight excluding hydrogens is 388 g/mol. The lowest BCUT2D eigenvalue weighted by Crippen LogP contribution is -1.97. The third-order valence-corrected chi connectivity index (χ3v) is 4.97. The molecule has 0 radical (unpaired) electrons. The van der Waals surface area contributed by atoms with Gasteiger partial charge in [0.2, 0.25) is 0 Å². The van der Waals surface area contributed by atoms with Crippen molar-refractivity contribution in [2.45, 2.75) is 32.1 Å². The molecule has 0 saturated carbocycles. The Morgan fingerprint density at radius 3 is 2.19 bits per heavy atom. The van der Waals surface area contributed by atoms with E-state index in [2.05, 4.69) is 12.1 Å². The van der Waals surface area contributed by atoms with E-state index < -0.39 is 0 Å². The van der Waals surface area contributed by atoms with Crippen LogP contribution in [0.15, 0.2) is 78.9 Å². The average molecular weight is 417 g/mol. The lowest BCUT2D eigenvalue weighted by Gasteiger charge is -2.07. The second kappa shape index (κ2) is 11.6. The van der Waals surface area contributed by atoms with Crippen LogP contribution < -0.4 is 4.74 Å². The molecule has 4 heteroatoms. The van der Waals surface area contributed by atoms with Crippen molar-refractivity contribution in [3.05, 3.63) is 95.6 Å². The summed E-state index contributed by atoms with van der Waals surface area (Å²) in [5.41, 5.74) is 3.00. The van der Waals surface area contributed by atoms with Crippen LogP contribution in [0.4, 0.5) is 0 Å². The Labute approximate surface area is 183 Å². The molecule has 4 nitrogen and oxygen atoms in total. The van der Waals surface area contributed by atoms with Crippen molar-refractivity contribution in [2.24, 2.45) is 0 Å². The number of phenols is 2. The number of aryl methyl sites for hydroxylation is 1. The van der Waals surface area contributed by atoms with Gasteiger partial charge in [0.05, 0.1) is 6.61 Å². The molecule has 0 aliphatic rings. The van der Waals surface area contributed by atoms with Crippen molar-refractivity contribution in [3.63, 3.8) is 0 Å². The number of carbonyl (C=O) groups is 1. The molecule has 160 valence electrons. The minimum absolute atomic E-state index is 0.000645. The van der Waals surface area contributed by atoms with Gasteiger partial charge in [-0.2, -0.15) is 0 Å². The maximum Gasteiger partial charge on any atom is 0.185 e. The Morgan fingerprint density at radius 2 is 1.48 bits per heavy atom. The summed E-state index contributed by atoms with van der Waals surface area (Å²) in [6.45, 7) is 0.561. The third-order valence-electron chi connectivity index (χ3n) is 4.97. The highest BCUT2D eigenvalue weighted by atomic mass is 16.5. The minimum atomic E-state index is -0.000645. The van der Waals surface area contributed by atoms with E-state index in [1.54, 1.807) is 6.08 Å². The quantitative estimate of drug-likeness (QED) is 0.223. The number of unbranched alkanes of at least 4 members (excludes halogenated alkanes) is 3. The zero-order valence-electron chi connectivity index (χ0n) is 17.5. The summed E-state index contributed by atoms with van der Waals surface area (Å²) in [5, 5.41) is 18.9. The lowest BCUT2D eigenvalue weighted by molar-refractivity contribution is 0.104. The molecule has 0 unspecified atom stereocenters. The number of carbonyl (C=O) groups excluding carboxylic acids is 1. The van der Waals surface area contributed by atoms with Crippen LogP contribution in [0, 0.1) is 0 Å². The zero-order valence-corrected chi connectivity index (χ0v) is 17.5. The maximum absolute atomic E-state index is 12.1. The van der Waals surface area contributed by atoms with E-state index in [0.29, 0.717) is 17.9 Å². The lowest BCUT2D eigenvalue weighted by atomic mass is 10.0. The number of allylic oxidation sites excluding steroid dienone is 1. The van der Waals surface area contributed by atoms with E-state index in [-0.39, 0.29) is 17.3 Å². The van der Waals surface area contributed by atoms with Crippen LogP contribution >= 0.6 is 0 Å². The van der Waals surface area contributed by atoms with E-state index in [4.69, 9.17) is 4.74 Å². The molecule has 2 N–H and O–H groups in total. The number of ether oxygens (including phenoxy) is 1. The molecule has 3 rings (SSSR count). The molecule has 0 aromatic heterocycles. The molecule has 0 atom stereocenters. The van der Waals surface area contributed by atoms with E-state index >= 15 is 0 Å². The molecule has 0 amide bonds. The number of phenolic OH excluding ortho intramolecular Hbond substituents is 2. The fourth-order valence-electron chi connectivity index (χ4n) is 3.29. The first kappa shape index (κ1) is 22.2. The second-order valence-corrected chi connectivity index (χ2v) is 7.50. The Hall–Kier alpha value is -3.53. The monoisotopic (exact) mass is 416 g/mol. The number of rotatable bonds is 11. The van der Waals surface area contributed by atoms with Crippen LogP contribution in [0.2, 0.25) is 0 Å². The largest absolute Gasteiger partial charge is 0.508 e. The van der Waals surface area contributed by atoms with Gasteiger partial charge in [-0.3, -0.25) is 4.79 Å². The van der Waals surface area contributed by atoms with Gasteiger partial charge in [0.15, 0.2) is 5.78 Å². The van der Waals surface area contributed by atoms with Crippen molar-refractivity contribution in [1.82, 2.24) is 0 Å². The fraction of sp³-hybridized carbons (Fsp3) is 0.222. The van der Waals surface area contributed by atoms with Crippen LogP contribution in [0.3, 0.4) is 0 Å². The average Bonchev–Trinajstić information content (AvgIpc) is 2.77. The first-order valence-electron chi connectivity index (χ1n) is 10.6. The van der Waals surface area contributed by atoms with Crippen LogP contribution in [-0.4, -0.2) is 22.6 Å². The highest BCUT2D eigenvalue weighted by molar-refractivity contribution is 6.06. The predicted molar refractivity (Wildman–Crippen MR) is 124 cm³/mol. The van der Waals surface area contributed by atoms with Gasteiger partial charge >= 0.3 is 0 Å². The molecule has 3 aromatic carbocycles. The summed E-state index contributed by atoms with van der Waals surface area (Å²) < 4.78 is 5.56. The summed E-state index contributed by atoms with van der Waals surface area (Å²) in [5.74, 6) is 0.491. The summed E-state index contributed by atoms with van der Waals surface area (Å²) in [6, 6.07) is 21.9. The highest BCUT2D eigenvalue weighted by Gasteiger charge is 2.01. The summed E-state index contributed by atoms with van der Waals surface area (Å²) in [7, 11) is 0. The minimum Gasteiger partial charge on any atom is -0.508 e. The van der Waals surface area contributed by atoms with E-state index in [1.807, 2.05) is 48.5 Å². The van der Waals surface area contributed by atoms with Crippen molar-refractivity contribution in [3.8, 4) is 17.2 Å². The first-order chi connectivity index (χ1) is 15.1. The molecule has 0 saturated heterocycles. The molecule has 31 heavy (non-hydrogen) atoms. The van der Waals surface area contributed by atoms with Gasteiger partial charge in [0.1, 0.15) is 17.2 Å². The third kappa shape index (κ3) is 7.67. The smallest absolute Gasteiger partial charge is 0.185 e. The van der Waals surface area contributed by atoms with Crippen LogP contribution in [0.5, 0.6) is 17.2 Å². The van der Waals surface area contributed by atoms with Crippen molar-refractivity contribution in [1.29, 1.82) is 0 Å². The van der Waals surface area contributed by atoms with Crippen LogP contribution in [0.1, 0.15) is 47.2 Å². The number of ketones is 1. The normalized spacial score (nSPS) is 11.0. The number of hydrogen-bond donors (Lipinski definition) is 2. The van der Waals surface area contributed by atoms with E-state index in [1.165, 1.54) is 23.8 Å². The van der Waals surface area contributed by atoms with Crippen molar-refractivity contribution < 1.29 is 19.7 Å². The van der Waals surface area contributed by atoms with Gasteiger partial charge in [0.25, 0.3) is 0 Å². The van der Waals surface area contributed by atoms with E-state index in [0.717, 1.165) is 37.7 Å². The first-order valence-corrected chi connectivity index (χ1v) is 10.6. The van der Waals surface area contributed by atoms with Gasteiger partial charge in [-0.15, -0.1) is 0 Å². The van der Waals surface area contributed by atoms with Gasteiger partial charge in [-0.05, 0) is 36.5 Å². The Kier molecular flexibility index (Phi) is 8.29. The molecule has 0 heterocycles. The number of aromatic hydroxyl groups is 2. The van der Waals surface area contributed by atoms with Gasteiger partial charge in [-0.1, -0.05) is 73.5 Å². The van der Waals surface area contributed by atoms with Gasteiger partial charge < -0.3 is 14.9 Å². The van der Waals surface area contributed by atoms with Crippen LogP contribution in [0.25, 0.3) is 6.08 Å². The zero-order chi connectivity index (χ0) is 21.9. The SMILES string of the molecule is O=C(/C=C/c1ccc(CCCCCCOc2cc(O)cc(O)c2)cc1)c1ccccc1. The molecule has 3 aromatic rings. The number of benzene rings is 3. The Balaban J connectivity index is 1.32. The molecular formula is C27H28O4. The molecule has 0 bridgehead atoms. The van der Waals surface area contributed by atoms with Crippen LogP contribution in [-0.2, 0) is 6.42 Å². The predicted octanol–water partition coefficient (Wildman–Crippen LogP) is 6.18. The fourth-order valence-corrected chi connectivity index (χ4v) is 3.29. The summed E-state index contributed by atoms with van der Waals surface area (Å²) in [4.78, 5) is 12.1. The second-order valence-electron chi connectivity index (χ2n) is 7.50. The van der Waals surface area contributed by atoms with E-state index in [9.17, 15) is 15.0 Å². The molecule has 0 aliphatic heterocycles. The topological polar surface area (TPSA) is 66.8 Å². The Morgan fingerprint density at radius 1 is 0.806 bits per heavy atom. The Bertz CT molecular complexity index is 971. The van der Waals surface area contributed by atoms with Crippen molar-refractivity contribution >= 4 is 11.9 Å². The maximum atomic E-state index is 12.1. The molecule has 0 fully saturated rings. The molecule has 0 spiro atoms. The van der Waals surface area contributed by atoms with Gasteiger partial charge in [-0.25, -0.2) is 0 Å².